The van der Waals surface area contributed by atoms with Crippen LogP contribution in [0.2, 0.25) is 5.02 Å². The van der Waals surface area contributed by atoms with Gasteiger partial charge < -0.3 is 10.2 Å². The Bertz CT molecular complexity index is 1300. The number of benzene rings is 2. The molecule has 1 aliphatic rings. The first-order valence-corrected chi connectivity index (χ1v) is 11.7. The molecular weight excluding hydrogens is 446 g/mol. The van der Waals surface area contributed by atoms with Crippen LogP contribution in [0, 0.1) is 0 Å². The summed E-state index contributed by atoms with van der Waals surface area (Å²) in [5.74, 6) is 0.622. The number of pyridine rings is 1. The van der Waals surface area contributed by atoms with E-state index < -0.39 is 0 Å². The van der Waals surface area contributed by atoms with E-state index in [-0.39, 0.29) is 11.9 Å². The first-order valence-electron chi connectivity index (χ1n) is 11.3. The Morgan fingerprint density at radius 3 is 2.82 bits per heavy atom. The maximum atomic E-state index is 13.5. The van der Waals surface area contributed by atoms with E-state index in [1.54, 1.807) is 12.4 Å². The first kappa shape index (κ1) is 22.0. The average Bonchev–Trinajstić information content (AvgIpc) is 3.38. The van der Waals surface area contributed by atoms with Crippen molar-refractivity contribution in [3.05, 3.63) is 107 Å². The Morgan fingerprint density at radius 2 is 1.97 bits per heavy atom. The minimum atomic E-state index is -0.0829. The number of amides is 1. The molecule has 0 unspecified atom stereocenters. The van der Waals surface area contributed by atoms with Gasteiger partial charge in [0, 0.05) is 53.5 Å². The minimum absolute atomic E-state index is 0.00967. The van der Waals surface area contributed by atoms with Crippen LogP contribution in [0.15, 0.2) is 85.3 Å². The fraction of sp³-hybridized carbons (Fsp3) is 0.185. The molecule has 1 fully saturated rings. The molecule has 1 amide bonds. The average molecular weight is 470 g/mol. The molecule has 0 aliphatic carbocycles. The lowest BCUT2D eigenvalue weighted by molar-refractivity contribution is 0.0733. The minimum Gasteiger partial charge on any atom is -0.381 e. The van der Waals surface area contributed by atoms with Gasteiger partial charge in [0.25, 0.3) is 5.91 Å². The number of rotatable bonds is 6. The molecule has 0 bridgehead atoms. The van der Waals surface area contributed by atoms with Gasteiger partial charge in [0.05, 0.1) is 11.7 Å². The Balaban J connectivity index is 1.34. The topological polar surface area (TPSA) is 71.0 Å². The SMILES string of the molecule is O=C(c1cccc(NCc2cccnc2)c1)N1CCC[C@@H]1c1ccnc(-c2cccc(Cl)c2)n1. The van der Waals surface area contributed by atoms with Crippen molar-refractivity contribution in [1.29, 1.82) is 0 Å². The van der Waals surface area contributed by atoms with Crippen molar-refractivity contribution in [2.24, 2.45) is 0 Å². The van der Waals surface area contributed by atoms with Crippen molar-refractivity contribution in [1.82, 2.24) is 19.9 Å². The molecule has 170 valence electrons. The van der Waals surface area contributed by atoms with Gasteiger partial charge in [0.2, 0.25) is 0 Å². The van der Waals surface area contributed by atoms with Crippen LogP contribution >= 0.6 is 11.6 Å². The van der Waals surface area contributed by atoms with E-state index in [9.17, 15) is 4.79 Å². The number of nitrogens with zero attached hydrogens (tertiary/aromatic N) is 4. The predicted octanol–water partition coefficient (Wildman–Crippen LogP) is 5.78. The van der Waals surface area contributed by atoms with Gasteiger partial charge in [-0.05, 0) is 60.9 Å². The summed E-state index contributed by atoms with van der Waals surface area (Å²) in [5, 5.41) is 4.02. The van der Waals surface area contributed by atoms with E-state index in [1.807, 2.05) is 77.8 Å². The quantitative estimate of drug-likeness (QED) is 0.387. The molecule has 1 N–H and O–H groups in total. The number of anilines is 1. The highest BCUT2D eigenvalue weighted by Crippen LogP contribution is 2.33. The third-order valence-corrected chi connectivity index (χ3v) is 6.18. The number of aromatic nitrogens is 3. The van der Waals surface area contributed by atoms with E-state index in [4.69, 9.17) is 16.6 Å². The largest absolute Gasteiger partial charge is 0.381 e. The molecule has 34 heavy (non-hydrogen) atoms. The molecule has 4 aromatic rings. The van der Waals surface area contributed by atoms with Crippen molar-refractivity contribution < 1.29 is 4.79 Å². The van der Waals surface area contributed by atoms with Crippen molar-refractivity contribution in [3.8, 4) is 11.4 Å². The van der Waals surface area contributed by atoms with Crippen LogP contribution in [0.1, 0.15) is 40.5 Å². The van der Waals surface area contributed by atoms with Crippen LogP contribution in [-0.2, 0) is 6.54 Å². The molecule has 1 saturated heterocycles. The molecule has 6 nitrogen and oxygen atoms in total. The summed E-state index contributed by atoms with van der Waals surface area (Å²) in [6.07, 6.45) is 7.14. The molecule has 0 radical (unpaired) electrons. The molecule has 1 atom stereocenters. The zero-order valence-electron chi connectivity index (χ0n) is 18.6. The fourth-order valence-electron chi connectivity index (χ4n) is 4.28. The van der Waals surface area contributed by atoms with Crippen LogP contribution in [0.3, 0.4) is 0 Å². The Kier molecular flexibility index (Phi) is 6.49. The molecule has 1 aliphatic heterocycles. The molecule has 5 rings (SSSR count). The Morgan fingerprint density at radius 1 is 1.06 bits per heavy atom. The zero-order valence-corrected chi connectivity index (χ0v) is 19.3. The van der Waals surface area contributed by atoms with Crippen LogP contribution in [0.25, 0.3) is 11.4 Å². The monoisotopic (exact) mass is 469 g/mol. The number of halogens is 1. The highest BCUT2D eigenvalue weighted by Gasteiger charge is 2.32. The van der Waals surface area contributed by atoms with Gasteiger partial charge >= 0.3 is 0 Å². The summed E-state index contributed by atoms with van der Waals surface area (Å²) in [6.45, 7) is 1.35. The van der Waals surface area contributed by atoms with Gasteiger partial charge in [-0.2, -0.15) is 0 Å². The second-order valence-corrected chi connectivity index (χ2v) is 8.70. The molecule has 3 heterocycles. The third-order valence-electron chi connectivity index (χ3n) is 5.94. The van der Waals surface area contributed by atoms with Gasteiger partial charge in [0.15, 0.2) is 5.82 Å². The number of hydrogen-bond acceptors (Lipinski definition) is 5. The molecule has 7 heteroatoms. The van der Waals surface area contributed by atoms with Crippen LogP contribution in [-0.4, -0.2) is 32.3 Å². The second-order valence-electron chi connectivity index (χ2n) is 8.27. The van der Waals surface area contributed by atoms with Gasteiger partial charge in [0.1, 0.15) is 0 Å². The molecule has 0 spiro atoms. The normalized spacial score (nSPS) is 15.3. The summed E-state index contributed by atoms with van der Waals surface area (Å²) in [4.78, 5) is 28.8. The van der Waals surface area contributed by atoms with E-state index in [0.717, 1.165) is 35.3 Å². The van der Waals surface area contributed by atoms with E-state index >= 15 is 0 Å². The highest BCUT2D eigenvalue weighted by molar-refractivity contribution is 6.30. The van der Waals surface area contributed by atoms with Crippen molar-refractivity contribution in [3.63, 3.8) is 0 Å². The molecular formula is C27H24ClN5O. The smallest absolute Gasteiger partial charge is 0.254 e. The number of likely N-dealkylation sites (tertiary alicyclic amines) is 1. The lowest BCUT2D eigenvalue weighted by atomic mass is 10.1. The first-order chi connectivity index (χ1) is 16.7. The second kappa shape index (κ2) is 10.0. The predicted molar refractivity (Wildman–Crippen MR) is 133 cm³/mol. The van der Waals surface area contributed by atoms with Crippen LogP contribution in [0.4, 0.5) is 5.69 Å². The number of carbonyl (C=O) groups is 1. The lowest BCUT2D eigenvalue weighted by Crippen LogP contribution is -2.31. The van der Waals surface area contributed by atoms with E-state index in [0.29, 0.717) is 29.5 Å². The van der Waals surface area contributed by atoms with E-state index in [2.05, 4.69) is 15.3 Å². The Labute approximate surface area is 203 Å². The standard InChI is InChI=1S/C27H24ClN5O/c28-22-8-1-6-20(15-22)26-30-13-11-24(32-26)25-10-4-14-33(25)27(34)21-7-2-9-23(16-21)31-18-19-5-3-12-29-17-19/h1-3,5-9,11-13,15-17,25,31H,4,10,14,18H2/t25-/m1/s1. The van der Waals surface area contributed by atoms with Gasteiger partial charge in [-0.1, -0.05) is 35.9 Å². The summed E-state index contributed by atoms with van der Waals surface area (Å²) in [5.41, 5.74) is 4.35. The molecule has 2 aromatic carbocycles. The maximum Gasteiger partial charge on any atom is 0.254 e. The van der Waals surface area contributed by atoms with Gasteiger partial charge in [-0.3, -0.25) is 9.78 Å². The van der Waals surface area contributed by atoms with Crippen molar-refractivity contribution in [2.75, 3.05) is 11.9 Å². The van der Waals surface area contributed by atoms with E-state index in [1.165, 1.54) is 0 Å². The molecule has 2 aromatic heterocycles. The highest BCUT2D eigenvalue weighted by atomic mass is 35.5. The summed E-state index contributed by atoms with van der Waals surface area (Å²) in [6, 6.07) is 20.9. The Hall–Kier alpha value is -3.77. The van der Waals surface area contributed by atoms with Crippen molar-refractivity contribution in [2.45, 2.75) is 25.4 Å². The summed E-state index contributed by atoms with van der Waals surface area (Å²) >= 11 is 6.15. The van der Waals surface area contributed by atoms with Gasteiger partial charge in [-0.25, -0.2) is 9.97 Å². The third kappa shape index (κ3) is 4.92. The van der Waals surface area contributed by atoms with Crippen LogP contribution < -0.4 is 5.32 Å². The maximum absolute atomic E-state index is 13.5. The molecule has 0 saturated carbocycles. The fourth-order valence-corrected chi connectivity index (χ4v) is 4.47. The van der Waals surface area contributed by atoms with Crippen LogP contribution in [0.5, 0.6) is 0 Å². The zero-order chi connectivity index (χ0) is 23.3. The summed E-state index contributed by atoms with van der Waals surface area (Å²) in [7, 11) is 0. The van der Waals surface area contributed by atoms with Gasteiger partial charge in [-0.15, -0.1) is 0 Å². The summed E-state index contributed by atoms with van der Waals surface area (Å²) < 4.78 is 0. The number of nitrogens with one attached hydrogen (secondary N) is 1. The number of carbonyl (C=O) groups excluding carboxylic acids is 1. The van der Waals surface area contributed by atoms with Crippen molar-refractivity contribution >= 4 is 23.2 Å². The lowest BCUT2D eigenvalue weighted by Gasteiger charge is -2.25. The number of hydrogen-bond donors (Lipinski definition) is 1.